The third-order valence-corrected chi connectivity index (χ3v) is 5.56. The highest BCUT2D eigenvalue weighted by atomic mass is 16.2. The smallest absolute Gasteiger partial charge is 0.332 e. The molecular weight excluding hydrogens is 370 g/mol. The summed E-state index contributed by atoms with van der Waals surface area (Å²) in [6.07, 6.45) is 0. The van der Waals surface area contributed by atoms with Crippen LogP contribution in [-0.2, 0) is 20.1 Å². The Morgan fingerprint density at radius 3 is 2.45 bits per heavy atom. The largest absolute Gasteiger partial charge is 0.340 e. The Bertz CT molecular complexity index is 1030. The number of hydrogen-bond acceptors (Lipinski definition) is 6. The number of piperazine rings is 1. The number of hydrogen-bond donors (Lipinski definition) is 1. The fourth-order valence-corrected chi connectivity index (χ4v) is 3.74. The minimum Gasteiger partial charge on any atom is -0.340 e. The number of nitrogens with zero attached hydrogens (tertiary/aromatic N) is 6. The van der Waals surface area contributed by atoms with E-state index >= 15 is 0 Å². The average Bonchev–Trinajstić information content (AvgIpc) is 3.13. The van der Waals surface area contributed by atoms with Gasteiger partial charge in [-0.1, -0.05) is 19.8 Å². The van der Waals surface area contributed by atoms with Crippen LogP contribution < -0.4 is 21.5 Å². The summed E-state index contributed by atoms with van der Waals surface area (Å²) < 4.78 is 4.69. The molecule has 1 aliphatic rings. The first-order valence-electron chi connectivity index (χ1n) is 10.3. The van der Waals surface area contributed by atoms with Gasteiger partial charge >= 0.3 is 5.69 Å². The molecule has 0 saturated carbocycles. The van der Waals surface area contributed by atoms with Crippen LogP contribution in [0.15, 0.2) is 9.59 Å². The van der Waals surface area contributed by atoms with Crippen molar-refractivity contribution in [3.8, 4) is 11.8 Å². The summed E-state index contributed by atoms with van der Waals surface area (Å²) in [5.41, 5.74) is 0.253. The van der Waals surface area contributed by atoms with Crippen LogP contribution in [0.3, 0.4) is 0 Å². The van der Waals surface area contributed by atoms with E-state index in [2.05, 4.69) is 40.8 Å². The number of likely N-dealkylation sites (N-methyl/N-ethyl adjacent to an activating group) is 1. The van der Waals surface area contributed by atoms with Crippen molar-refractivity contribution >= 4 is 17.1 Å². The number of rotatable bonds is 7. The zero-order valence-corrected chi connectivity index (χ0v) is 17.9. The van der Waals surface area contributed by atoms with E-state index in [-0.39, 0.29) is 11.2 Å². The van der Waals surface area contributed by atoms with Gasteiger partial charge in [-0.25, -0.2) is 4.79 Å². The van der Waals surface area contributed by atoms with Gasteiger partial charge < -0.3 is 15.1 Å². The topological polar surface area (TPSA) is 80.3 Å². The highest BCUT2D eigenvalue weighted by Crippen LogP contribution is 2.20. The molecule has 9 nitrogen and oxygen atoms in total. The fourth-order valence-electron chi connectivity index (χ4n) is 3.74. The van der Waals surface area contributed by atoms with Gasteiger partial charge in [-0.15, -0.1) is 5.92 Å². The maximum absolute atomic E-state index is 13.0. The van der Waals surface area contributed by atoms with Crippen LogP contribution in [-0.4, -0.2) is 69.4 Å². The lowest BCUT2D eigenvalue weighted by Gasteiger charge is -2.28. The molecule has 1 fully saturated rings. The summed E-state index contributed by atoms with van der Waals surface area (Å²) >= 11 is 0. The van der Waals surface area contributed by atoms with Crippen LogP contribution in [0.5, 0.6) is 0 Å². The Hall–Kier alpha value is -2.57. The highest BCUT2D eigenvalue weighted by molar-refractivity contribution is 5.75. The number of imidazole rings is 1. The summed E-state index contributed by atoms with van der Waals surface area (Å²) in [6, 6.07) is 0. The standard InChI is InChI=1S/C20H31N7O2/c1-5-8-11-26-16-17(22-19(26)25-12-9-21-10-13-25)27(15-14-24(6-2)7-3)20(29)23(4)18(16)28/h21H,6-7,9-15H2,1-4H3. The van der Waals surface area contributed by atoms with Crippen molar-refractivity contribution < 1.29 is 0 Å². The van der Waals surface area contributed by atoms with E-state index in [1.807, 2.05) is 4.57 Å². The van der Waals surface area contributed by atoms with E-state index in [1.165, 1.54) is 11.6 Å². The van der Waals surface area contributed by atoms with Gasteiger partial charge in [0.05, 0.1) is 6.54 Å². The molecule has 9 heteroatoms. The normalized spacial score (nSPS) is 14.4. The van der Waals surface area contributed by atoms with Gasteiger partial charge in [0.2, 0.25) is 5.95 Å². The van der Waals surface area contributed by atoms with E-state index in [4.69, 9.17) is 4.98 Å². The number of aromatic nitrogens is 4. The van der Waals surface area contributed by atoms with Crippen LogP contribution in [0.25, 0.3) is 11.2 Å². The first-order chi connectivity index (χ1) is 14.0. The van der Waals surface area contributed by atoms with Gasteiger partial charge in [-0.3, -0.25) is 18.5 Å². The maximum atomic E-state index is 13.0. The predicted molar refractivity (Wildman–Crippen MR) is 116 cm³/mol. The van der Waals surface area contributed by atoms with Crippen LogP contribution >= 0.6 is 0 Å². The van der Waals surface area contributed by atoms with Crippen LogP contribution in [0.1, 0.15) is 20.8 Å². The number of anilines is 1. The van der Waals surface area contributed by atoms with Gasteiger partial charge in [0.15, 0.2) is 11.2 Å². The molecule has 0 radical (unpaired) electrons. The lowest BCUT2D eigenvalue weighted by Crippen LogP contribution is -2.44. The molecule has 0 aliphatic carbocycles. The molecule has 1 aliphatic heterocycles. The van der Waals surface area contributed by atoms with E-state index in [0.717, 1.165) is 45.8 Å². The molecular formula is C20H31N7O2. The Kier molecular flexibility index (Phi) is 6.77. The van der Waals surface area contributed by atoms with Gasteiger partial charge in [-0.2, -0.15) is 4.98 Å². The van der Waals surface area contributed by atoms with Gasteiger partial charge in [0.1, 0.15) is 0 Å². The first kappa shape index (κ1) is 21.1. The summed E-state index contributed by atoms with van der Waals surface area (Å²) in [6.45, 7) is 12.7. The quantitative estimate of drug-likeness (QED) is 0.640. The molecule has 2 aromatic rings. The van der Waals surface area contributed by atoms with Crippen molar-refractivity contribution in [2.24, 2.45) is 7.05 Å². The third kappa shape index (κ3) is 4.09. The van der Waals surface area contributed by atoms with Crippen molar-refractivity contribution in [1.82, 2.24) is 28.9 Å². The second kappa shape index (κ2) is 9.29. The second-order valence-electron chi connectivity index (χ2n) is 7.16. The summed E-state index contributed by atoms with van der Waals surface area (Å²) in [4.78, 5) is 35.2. The van der Waals surface area contributed by atoms with Crippen molar-refractivity contribution in [3.63, 3.8) is 0 Å². The predicted octanol–water partition coefficient (Wildman–Crippen LogP) is -0.329. The van der Waals surface area contributed by atoms with Crippen LogP contribution in [0.2, 0.25) is 0 Å². The van der Waals surface area contributed by atoms with Gasteiger partial charge in [0, 0.05) is 46.3 Å². The SMILES string of the molecule is CC#CCn1c(N2CCNCC2)nc2c1c(=O)n(C)c(=O)n2CCN(CC)CC. The lowest BCUT2D eigenvalue weighted by atomic mass is 10.4. The zero-order chi connectivity index (χ0) is 21.0. The average molecular weight is 402 g/mol. The summed E-state index contributed by atoms with van der Waals surface area (Å²) in [5.74, 6) is 6.67. The molecule has 0 bridgehead atoms. The lowest BCUT2D eigenvalue weighted by molar-refractivity contribution is 0.289. The molecule has 0 amide bonds. The Labute approximate surface area is 170 Å². The van der Waals surface area contributed by atoms with Gasteiger partial charge in [-0.05, 0) is 20.0 Å². The minimum atomic E-state index is -0.326. The third-order valence-electron chi connectivity index (χ3n) is 5.56. The van der Waals surface area contributed by atoms with Crippen LogP contribution in [0, 0.1) is 11.8 Å². The van der Waals surface area contributed by atoms with E-state index < -0.39 is 0 Å². The molecule has 0 aromatic carbocycles. The van der Waals surface area contributed by atoms with E-state index in [0.29, 0.717) is 30.2 Å². The van der Waals surface area contributed by atoms with Crippen molar-refractivity contribution in [2.45, 2.75) is 33.9 Å². The molecule has 3 heterocycles. The second-order valence-corrected chi connectivity index (χ2v) is 7.16. The summed E-state index contributed by atoms with van der Waals surface area (Å²) in [7, 11) is 1.53. The van der Waals surface area contributed by atoms with Crippen molar-refractivity contribution in [2.75, 3.05) is 50.7 Å². The molecule has 1 saturated heterocycles. The Morgan fingerprint density at radius 2 is 1.83 bits per heavy atom. The Morgan fingerprint density at radius 1 is 1.14 bits per heavy atom. The summed E-state index contributed by atoms with van der Waals surface area (Å²) in [5, 5.41) is 3.33. The Balaban J connectivity index is 2.20. The minimum absolute atomic E-state index is 0.323. The molecule has 29 heavy (non-hydrogen) atoms. The van der Waals surface area contributed by atoms with E-state index in [1.54, 1.807) is 11.5 Å². The molecule has 0 atom stereocenters. The monoisotopic (exact) mass is 401 g/mol. The molecule has 158 valence electrons. The van der Waals surface area contributed by atoms with E-state index in [9.17, 15) is 9.59 Å². The number of nitrogens with one attached hydrogen (secondary N) is 1. The zero-order valence-electron chi connectivity index (χ0n) is 17.9. The molecule has 0 unspecified atom stereocenters. The first-order valence-corrected chi connectivity index (χ1v) is 10.3. The molecule has 2 aromatic heterocycles. The molecule has 1 N–H and O–H groups in total. The highest BCUT2D eigenvalue weighted by Gasteiger charge is 2.24. The van der Waals surface area contributed by atoms with Crippen molar-refractivity contribution in [1.29, 1.82) is 0 Å². The number of fused-ring (bicyclic) bond motifs is 1. The molecule has 3 rings (SSSR count). The van der Waals surface area contributed by atoms with Crippen molar-refractivity contribution in [3.05, 3.63) is 20.8 Å². The van der Waals surface area contributed by atoms with Crippen LogP contribution in [0.4, 0.5) is 5.95 Å². The maximum Gasteiger partial charge on any atom is 0.332 e. The van der Waals surface area contributed by atoms with Gasteiger partial charge in [0.25, 0.3) is 5.56 Å². The molecule has 0 spiro atoms. The fraction of sp³-hybridized carbons (Fsp3) is 0.650.